The van der Waals surface area contributed by atoms with Crippen molar-refractivity contribution in [1.82, 2.24) is 0 Å². The monoisotopic (exact) mass is 359 g/mol. The van der Waals surface area contributed by atoms with Crippen LogP contribution in [0.3, 0.4) is 0 Å². The van der Waals surface area contributed by atoms with Gasteiger partial charge in [-0.1, -0.05) is 53.5 Å². The lowest BCUT2D eigenvalue weighted by Gasteiger charge is -2.15. The van der Waals surface area contributed by atoms with E-state index in [1.54, 1.807) is 0 Å². The lowest BCUT2D eigenvalue weighted by atomic mass is 10.1. The van der Waals surface area contributed by atoms with Crippen LogP contribution in [0.15, 0.2) is 46.9 Å². The first-order valence-corrected chi connectivity index (χ1v) is 7.25. The molecule has 2 aromatic carbocycles. The third-order valence-corrected chi connectivity index (χ3v) is 4.48. The van der Waals surface area contributed by atoms with Crippen molar-refractivity contribution in [1.29, 1.82) is 0 Å². The summed E-state index contributed by atoms with van der Waals surface area (Å²) < 4.78 is 0.744. The Kier molecular flexibility index (Phi) is 5.11. The minimum absolute atomic E-state index is 0.363. The summed E-state index contributed by atoms with van der Waals surface area (Å²) in [5.41, 5.74) is 1.55. The van der Waals surface area contributed by atoms with E-state index in [4.69, 9.17) is 23.2 Å². The second-order valence-corrected chi connectivity index (χ2v) is 5.64. The summed E-state index contributed by atoms with van der Waals surface area (Å²) in [5, 5.41) is 14.0. The van der Waals surface area contributed by atoms with Gasteiger partial charge in [-0.3, -0.25) is 0 Å². The van der Waals surface area contributed by atoms with E-state index >= 15 is 0 Å². The van der Waals surface area contributed by atoms with Crippen molar-refractivity contribution in [3.05, 3.63) is 62.5 Å². The van der Waals surface area contributed by atoms with Gasteiger partial charge in [-0.05, 0) is 33.6 Å². The minimum Gasteiger partial charge on any atom is -0.387 e. The first-order chi connectivity index (χ1) is 9.09. The standard InChI is InChI=1S/C14H12BrCl2NO/c15-10-6-7-11(14(17)13(10)16)18-8-12(19)9-4-2-1-3-5-9/h1-7,12,18-19H,8H2. The molecule has 100 valence electrons. The highest BCUT2D eigenvalue weighted by atomic mass is 79.9. The Morgan fingerprint density at radius 1 is 1.05 bits per heavy atom. The highest BCUT2D eigenvalue weighted by Crippen LogP contribution is 2.35. The number of rotatable bonds is 4. The number of hydrogen-bond acceptors (Lipinski definition) is 2. The number of benzene rings is 2. The largest absolute Gasteiger partial charge is 0.387 e. The van der Waals surface area contributed by atoms with Crippen molar-refractivity contribution >= 4 is 44.8 Å². The smallest absolute Gasteiger partial charge is 0.0962 e. The molecule has 1 atom stereocenters. The van der Waals surface area contributed by atoms with Gasteiger partial charge in [0.1, 0.15) is 0 Å². The SMILES string of the molecule is OC(CNc1ccc(Br)c(Cl)c1Cl)c1ccccc1. The molecule has 0 bridgehead atoms. The van der Waals surface area contributed by atoms with E-state index in [-0.39, 0.29) is 0 Å². The third-order valence-electron chi connectivity index (χ3n) is 2.71. The zero-order valence-corrected chi connectivity index (χ0v) is 13.0. The van der Waals surface area contributed by atoms with Crippen molar-refractivity contribution < 1.29 is 5.11 Å². The summed E-state index contributed by atoms with van der Waals surface area (Å²) in [6, 6.07) is 13.1. The first kappa shape index (κ1) is 14.7. The second-order valence-electron chi connectivity index (χ2n) is 4.03. The van der Waals surface area contributed by atoms with Crippen molar-refractivity contribution in [3.63, 3.8) is 0 Å². The fourth-order valence-corrected chi connectivity index (χ4v) is 2.50. The quantitative estimate of drug-likeness (QED) is 0.760. The molecule has 0 heterocycles. The summed E-state index contributed by atoms with van der Waals surface area (Å²) in [7, 11) is 0. The average Bonchev–Trinajstić information content (AvgIpc) is 2.45. The van der Waals surface area contributed by atoms with Crippen molar-refractivity contribution in [2.45, 2.75) is 6.10 Å². The van der Waals surface area contributed by atoms with E-state index in [1.807, 2.05) is 42.5 Å². The fraction of sp³-hybridized carbons (Fsp3) is 0.143. The molecule has 0 spiro atoms. The van der Waals surface area contributed by atoms with Crippen molar-refractivity contribution in [3.8, 4) is 0 Å². The molecular formula is C14H12BrCl2NO. The van der Waals surface area contributed by atoms with E-state index in [2.05, 4.69) is 21.2 Å². The molecule has 19 heavy (non-hydrogen) atoms. The maximum absolute atomic E-state index is 10.0. The van der Waals surface area contributed by atoms with Crippen LogP contribution in [0.25, 0.3) is 0 Å². The van der Waals surface area contributed by atoms with Crippen molar-refractivity contribution in [2.24, 2.45) is 0 Å². The molecule has 0 fully saturated rings. The van der Waals surface area contributed by atoms with Gasteiger partial charge < -0.3 is 10.4 Å². The molecule has 2 N–H and O–H groups in total. The zero-order chi connectivity index (χ0) is 13.8. The molecule has 0 saturated carbocycles. The van der Waals surface area contributed by atoms with Gasteiger partial charge in [-0.25, -0.2) is 0 Å². The summed E-state index contributed by atoms with van der Waals surface area (Å²) in [5.74, 6) is 0. The van der Waals surface area contributed by atoms with Gasteiger partial charge in [0.05, 0.1) is 21.8 Å². The normalized spacial score (nSPS) is 12.2. The van der Waals surface area contributed by atoms with Crippen LogP contribution >= 0.6 is 39.1 Å². The molecule has 5 heteroatoms. The van der Waals surface area contributed by atoms with Gasteiger partial charge >= 0.3 is 0 Å². The number of halogens is 3. The lowest BCUT2D eigenvalue weighted by Crippen LogP contribution is -2.12. The molecule has 0 radical (unpaired) electrons. The molecule has 1 unspecified atom stereocenters. The van der Waals surface area contributed by atoms with Crippen LogP contribution in [0.4, 0.5) is 5.69 Å². The van der Waals surface area contributed by atoms with Gasteiger partial charge in [0.25, 0.3) is 0 Å². The van der Waals surface area contributed by atoms with E-state index in [0.717, 1.165) is 10.0 Å². The second kappa shape index (κ2) is 6.62. The number of nitrogens with one attached hydrogen (secondary N) is 1. The predicted molar refractivity (Wildman–Crippen MR) is 84.1 cm³/mol. The Labute approximate surface area is 130 Å². The number of anilines is 1. The molecule has 0 aliphatic heterocycles. The van der Waals surface area contributed by atoms with E-state index < -0.39 is 6.10 Å². The van der Waals surface area contributed by atoms with Crippen LogP contribution in [-0.2, 0) is 0 Å². The summed E-state index contributed by atoms with van der Waals surface area (Å²) >= 11 is 15.5. The highest BCUT2D eigenvalue weighted by Gasteiger charge is 2.11. The number of aliphatic hydroxyl groups excluding tert-OH is 1. The maximum atomic E-state index is 10.0. The van der Waals surface area contributed by atoms with Crippen LogP contribution in [0, 0.1) is 0 Å². The van der Waals surface area contributed by atoms with Crippen LogP contribution in [0.2, 0.25) is 10.0 Å². The van der Waals surface area contributed by atoms with Gasteiger partial charge in [-0.15, -0.1) is 0 Å². The summed E-state index contributed by atoms with van der Waals surface area (Å²) in [6.45, 7) is 0.363. The van der Waals surface area contributed by atoms with E-state index in [0.29, 0.717) is 22.3 Å². The fourth-order valence-electron chi connectivity index (χ4n) is 1.66. The van der Waals surface area contributed by atoms with Crippen LogP contribution in [0.5, 0.6) is 0 Å². The molecule has 2 nitrogen and oxygen atoms in total. The average molecular weight is 361 g/mol. The molecule has 0 aromatic heterocycles. The van der Waals surface area contributed by atoms with Gasteiger partial charge in [0.2, 0.25) is 0 Å². The molecular weight excluding hydrogens is 349 g/mol. The minimum atomic E-state index is -0.598. The Morgan fingerprint density at radius 3 is 2.42 bits per heavy atom. The third kappa shape index (κ3) is 3.63. The van der Waals surface area contributed by atoms with Gasteiger partial charge in [0, 0.05) is 11.0 Å². The van der Waals surface area contributed by atoms with Crippen LogP contribution < -0.4 is 5.32 Å². The topological polar surface area (TPSA) is 32.3 Å². The molecule has 0 aliphatic carbocycles. The summed E-state index contributed by atoms with van der Waals surface area (Å²) in [4.78, 5) is 0. The van der Waals surface area contributed by atoms with Gasteiger partial charge in [0.15, 0.2) is 0 Å². The van der Waals surface area contributed by atoms with Crippen molar-refractivity contribution in [2.75, 3.05) is 11.9 Å². The Balaban J connectivity index is 2.05. The predicted octanol–water partition coefficient (Wildman–Crippen LogP) is 4.90. The molecule has 0 saturated heterocycles. The maximum Gasteiger partial charge on any atom is 0.0962 e. The Morgan fingerprint density at radius 2 is 1.74 bits per heavy atom. The molecule has 0 amide bonds. The van der Waals surface area contributed by atoms with Crippen LogP contribution in [-0.4, -0.2) is 11.7 Å². The molecule has 2 rings (SSSR count). The lowest BCUT2D eigenvalue weighted by molar-refractivity contribution is 0.191. The zero-order valence-electron chi connectivity index (χ0n) is 9.91. The Bertz CT molecular complexity index is 563. The van der Waals surface area contributed by atoms with Crippen LogP contribution in [0.1, 0.15) is 11.7 Å². The highest BCUT2D eigenvalue weighted by molar-refractivity contribution is 9.10. The van der Waals surface area contributed by atoms with Gasteiger partial charge in [-0.2, -0.15) is 0 Å². The number of hydrogen-bond donors (Lipinski definition) is 2. The summed E-state index contributed by atoms with van der Waals surface area (Å²) in [6.07, 6.45) is -0.598. The molecule has 2 aromatic rings. The Hall–Kier alpha value is -0.740. The van der Waals surface area contributed by atoms with E-state index in [1.165, 1.54) is 0 Å². The molecule has 0 aliphatic rings. The van der Waals surface area contributed by atoms with E-state index in [9.17, 15) is 5.11 Å². The first-order valence-electron chi connectivity index (χ1n) is 5.70. The number of aliphatic hydroxyl groups is 1.